The Kier molecular flexibility index (Phi) is 5.46. The number of para-hydroxylation sites is 1. The number of aryl methyl sites for hydroxylation is 1. The first kappa shape index (κ1) is 18.5. The fraction of sp³-hybridized carbons (Fsp3) is 0.389. The van der Waals surface area contributed by atoms with E-state index < -0.39 is 17.7 Å². The van der Waals surface area contributed by atoms with Crippen LogP contribution >= 0.6 is 0 Å². The van der Waals surface area contributed by atoms with Crippen LogP contribution in [0.5, 0.6) is 5.75 Å². The molecule has 0 radical (unpaired) electrons. The zero-order valence-electron chi connectivity index (χ0n) is 15.1. The van der Waals surface area contributed by atoms with Crippen molar-refractivity contribution in [2.45, 2.75) is 39.7 Å². The molecule has 0 unspecified atom stereocenters. The molecule has 1 amide bonds. The number of aromatic nitrogens is 2. The number of benzene rings is 1. The van der Waals surface area contributed by atoms with Crippen molar-refractivity contribution in [3.05, 3.63) is 30.6 Å². The van der Waals surface area contributed by atoms with Gasteiger partial charge in [-0.25, -0.2) is 4.79 Å². The van der Waals surface area contributed by atoms with E-state index in [-0.39, 0.29) is 12.2 Å². The van der Waals surface area contributed by atoms with E-state index in [1.807, 2.05) is 0 Å². The Hall–Kier alpha value is -2.83. The first-order chi connectivity index (χ1) is 11.7. The van der Waals surface area contributed by atoms with Crippen molar-refractivity contribution >= 4 is 17.7 Å². The molecule has 134 valence electrons. The van der Waals surface area contributed by atoms with Gasteiger partial charge in [-0.15, -0.1) is 0 Å². The van der Waals surface area contributed by atoms with Gasteiger partial charge in [-0.2, -0.15) is 5.10 Å². The van der Waals surface area contributed by atoms with Crippen LogP contribution in [-0.2, 0) is 16.6 Å². The topological polar surface area (TPSA) is 82.4 Å². The van der Waals surface area contributed by atoms with E-state index in [9.17, 15) is 9.59 Å². The Balaban J connectivity index is 2.41. The van der Waals surface area contributed by atoms with Crippen molar-refractivity contribution < 1.29 is 19.1 Å². The summed E-state index contributed by atoms with van der Waals surface area (Å²) in [6, 6.07) is 5.22. The highest BCUT2D eigenvalue weighted by molar-refractivity contribution is 5.92. The molecule has 1 aromatic heterocycles. The fourth-order valence-corrected chi connectivity index (χ4v) is 2.13. The van der Waals surface area contributed by atoms with E-state index in [0.29, 0.717) is 11.3 Å². The van der Waals surface area contributed by atoms with E-state index in [2.05, 4.69) is 10.4 Å². The number of nitrogens with zero attached hydrogens (tertiary/aromatic N) is 2. The average molecular weight is 345 g/mol. The molecule has 0 bridgehead atoms. The molecule has 0 aliphatic rings. The molecule has 7 heteroatoms. The lowest BCUT2D eigenvalue weighted by molar-refractivity contribution is -0.133. The lowest BCUT2D eigenvalue weighted by Gasteiger charge is -2.21. The second-order valence-corrected chi connectivity index (χ2v) is 6.54. The highest BCUT2D eigenvalue weighted by atomic mass is 16.6. The number of esters is 1. The maximum Gasteiger partial charge on any atom is 0.412 e. The smallest absolute Gasteiger partial charge is 0.412 e. The van der Waals surface area contributed by atoms with Gasteiger partial charge in [0.1, 0.15) is 5.60 Å². The summed E-state index contributed by atoms with van der Waals surface area (Å²) in [6.07, 6.45) is 3.06. The zero-order chi connectivity index (χ0) is 18.6. The summed E-state index contributed by atoms with van der Waals surface area (Å²) < 4.78 is 12.4. The molecule has 7 nitrogen and oxygen atoms in total. The first-order valence-electron chi connectivity index (χ1n) is 8.02. The van der Waals surface area contributed by atoms with Crippen molar-refractivity contribution in [3.63, 3.8) is 0 Å². The van der Waals surface area contributed by atoms with Crippen molar-refractivity contribution in [2.75, 3.05) is 5.32 Å². The third kappa shape index (κ3) is 5.07. The van der Waals surface area contributed by atoms with Crippen LogP contribution in [0.2, 0.25) is 0 Å². The molecule has 0 aliphatic carbocycles. The van der Waals surface area contributed by atoms with Gasteiger partial charge in [0.05, 0.1) is 11.9 Å². The second kappa shape index (κ2) is 7.38. The molecule has 0 spiro atoms. The number of hydrogen-bond acceptors (Lipinski definition) is 5. The van der Waals surface area contributed by atoms with Crippen LogP contribution in [0.4, 0.5) is 10.5 Å². The Morgan fingerprint density at radius 3 is 2.56 bits per heavy atom. The monoisotopic (exact) mass is 345 g/mol. The number of carbonyl (C=O) groups is 2. The van der Waals surface area contributed by atoms with Crippen LogP contribution in [0.1, 0.15) is 34.1 Å². The first-order valence-corrected chi connectivity index (χ1v) is 8.02. The Morgan fingerprint density at radius 1 is 1.28 bits per heavy atom. The molecular weight excluding hydrogens is 322 g/mol. The number of hydrogen-bond donors (Lipinski definition) is 1. The quantitative estimate of drug-likeness (QED) is 0.674. The van der Waals surface area contributed by atoms with Gasteiger partial charge in [0.2, 0.25) is 0 Å². The predicted molar refractivity (Wildman–Crippen MR) is 94.4 cm³/mol. The summed E-state index contributed by atoms with van der Waals surface area (Å²) in [4.78, 5) is 23.9. The van der Waals surface area contributed by atoms with Crippen LogP contribution in [0.3, 0.4) is 0 Å². The molecule has 1 aromatic carbocycles. The van der Waals surface area contributed by atoms with E-state index in [0.717, 1.165) is 5.56 Å². The molecule has 0 saturated heterocycles. The lowest BCUT2D eigenvalue weighted by Crippen LogP contribution is -2.27. The summed E-state index contributed by atoms with van der Waals surface area (Å²) in [6.45, 7) is 7.03. The van der Waals surface area contributed by atoms with Crippen LogP contribution in [0.25, 0.3) is 11.1 Å². The molecule has 25 heavy (non-hydrogen) atoms. The molecule has 0 saturated carbocycles. The summed E-state index contributed by atoms with van der Waals surface area (Å²) >= 11 is 0. The minimum atomic E-state index is -0.634. The highest BCUT2D eigenvalue weighted by Crippen LogP contribution is 2.37. The normalized spacial score (nSPS) is 11.1. The van der Waals surface area contributed by atoms with Crippen molar-refractivity contribution in [2.24, 2.45) is 7.05 Å². The summed E-state index contributed by atoms with van der Waals surface area (Å²) in [7, 11) is 1.80. The van der Waals surface area contributed by atoms with Gasteiger partial charge < -0.3 is 9.47 Å². The molecule has 1 heterocycles. The second-order valence-electron chi connectivity index (χ2n) is 6.54. The number of carbonyl (C=O) groups excluding carboxylic acids is 2. The van der Waals surface area contributed by atoms with Crippen molar-refractivity contribution in [1.29, 1.82) is 0 Å². The number of rotatable bonds is 4. The van der Waals surface area contributed by atoms with E-state index >= 15 is 0 Å². The van der Waals surface area contributed by atoms with Gasteiger partial charge in [0.25, 0.3) is 0 Å². The summed E-state index contributed by atoms with van der Waals surface area (Å²) in [5.41, 5.74) is 1.15. The minimum Gasteiger partial charge on any atom is -0.444 e. The fourth-order valence-electron chi connectivity index (χ4n) is 2.13. The summed E-state index contributed by atoms with van der Waals surface area (Å²) in [5.74, 6) is -0.128. The van der Waals surface area contributed by atoms with Crippen molar-refractivity contribution in [1.82, 2.24) is 9.78 Å². The minimum absolute atomic E-state index is 0.216. The number of anilines is 1. The highest BCUT2D eigenvalue weighted by Gasteiger charge is 2.20. The van der Waals surface area contributed by atoms with Gasteiger partial charge in [-0.1, -0.05) is 19.1 Å². The molecule has 2 aromatic rings. The van der Waals surface area contributed by atoms with Crippen molar-refractivity contribution in [3.8, 4) is 16.9 Å². The van der Waals surface area contributed by atoms with Crippen LogP contribution in [-0.4, -0.2) is 27.4 Å². The maximum absolute atomic E-state index is 12.1. The van der Waals surface area contributed by atoms with Gasteiger partial charge in [-0.05, 0) is 26.8 Å². The van der Waals surface area contributed by atoms with Crippen LogP contribution < -0.4 is 10.1 Å². The van der Waals surface area contributed by atoms with Gasteiger partial charge in [-0.3, -0.25) is 14.8 Å². The average Bonchev–Trinajstić information content (AvgIpc) is 2.93. The Labute approximate surface area is 146 Å². The predicted octanol–water partition coefficient (Wildman–Crippen LogP) is 3.75. The molecule has 0 atom stereocenters. The third-order valence-corrected chi connectivity index (χ3v) is 3.17. The van der Waals surface area contributed by atoms with E-state index in [1.54, 1.807) is 70.0 Å². The van der Waals surface area contributed by atoms with E-state index in [4.69, 9.17) is 9.47 Å². The molecule has 0 fully saturated rings. The Bertz CT molecular complexity index is 775. The SMILES string of the molecule is CCC(=O)Oc1c(NC(=O)OC(C)(C)C)cccc1-c1cnn(C)c1. The third-order valence-electron chi connectivity index (χ3n) is 3.17. The van der Waals surface area contributed by atoms with Gasteiger partial charge in [0, 0.05) is 30.8 Å². The summed E-state index contributed by atoms with van der Waals surface area (Å²) in [5, 5.41) is 6.78. The molecule has 0 aliphatic heterocycles. The van der Waals surface area contributed by atoms with Gasteiger partial charge in [0.15, 0.2) is 5.75 Å². The largest absolute Gasteiger partial charge is 0.444 e. The van der Waals surface area contributed by atoms with Gasteiger partial charge >= 0.3 is 12.1 Å². The number of amides is 1. The molecular formula is C18H23N3O4. The molecule has 2 rings (SSSR count). The maximum atomic E-state index is 12.1. The standard InChI is InChI=1S/C18H23N3O4/c1-6-15(22)24-16-13(12-10-19-21(5)11-12)8-7-9-14(16)20-17(23)25-18(2,3)4/h7-11H,6H2,1-5H3,(H,20,23). The molecule has 1 N–H and O–H groups in total. The van der Waals surface area contributed by atoms with Crippen LogP contribution in [0, 0.1) is 0 Å². The Morgan fingerprint density at radius 2 is 2.00 bits per heavy atom. The van der Waals surface area contributed by atoms with E-state index in [1.165, 1.54) is 0 Å². The zero-order valence-corrected chi connectivity index (χ0v) is 15.1. The number of ether oxygens (including phenoxy) is 2. The number of nitrogens with one attached hydrogen (secondary N) is 1. The van der Waals surface area contributed by atoms with Crippen LogP contribution in [0.15, 0.2) is 30.6 Å². The lowest BCUT2D eigenvalue weighted by atomic mass is 10.1.